The Morgan fingerprint density at radius 2 is 1.83 bits per heavy atom. The lowest BCUT2D eigenvalue weighted by Crippen LogP contribution is -2.14. The van der Waals surface area contributed by atoms with Crippen LogP contribution >= 0.6 is 0 Å². The maximum absolute atomic E-state index is 14.0. The summed E-state index contributed by atoms with van der Waals surface area (Å²) < 4.78 is 38.8. The number of amides is 1. The molecule has 5 aromatic rings. The molecule has 1 amide bonds. The van der Waals surface area contributed by atoms with Gasteiger partial charge in [0.1, 0.15) is 29.2 Å². The number of carbonyl (C=O) groups excluding carboxylic acids is 1. The highest BCUT2D eigenvalue weighted by atomic mass is 32.2. The molecule has 0 aliphatic rings. The number of nitrogens with one attached hydrogen (secondary N) is 3. The summed E-state index contributed by atoms with van der Waals surface area (Å²) in [5, 5.41) is 5.55. The van der Waals surface area contributed by atoms with E-state index in [4.69, 9.17) is 0 Å². The number of aromatic amines is 1. The van der Waals surface area contributed by atoms with Crippen LogP contribution in [0.3, 0.4) is 0 Å². The van der Waals surface area contributed by atoms with Crippen molar-refractivity contribution < 1.29 is 17.6 Å². The van der Waals surface area contributed by atoms with Gasteiger partial charge in [-0.15, -0.1) is 0 Å². The maximum Gasteiger partial charge on any atom is 0.255 e. The Labute approximate surface area is 204 Å². The number of hydrogen-bond acceptors (Lipinski definition) is 8. The van der Waals surface area contributed by atoms with Gasteiger partial charge in [-0.3, -0.25) is 4.79 Å². The lowest BCUT2D eigenvalue weighted by molar-refractivity contribution is 0.102. The molecule has 5 rings (SSSR count). The van der Waals surface area contributed by atoms with Crippen molar-refractivity contribution in [3.63, 3.8) is 0 Å². The molecular formula is C24H18FN7O3S. The fourth-order valence-electron chi connectivity index (χ4n) is 3.57. The largest absolute Gasteiger partial charge is 0.340 e. The van der Waals surface area contributed by atoms with Gasteiger partial charge in [-0.05, 0) is 42.5 Å². The number of sulfone groups is 1. The Kier molecular flexibility index (Phi) is 5.86. The Bertz CT molecular complexity index is 1720. The third kappa shape index (κ3) is 4.61. The SMILES string of the molecule is CS(=O)(=O)c1cc(Nc2ncccc2-c2ncnc3[nH]cnc23)cc(C(=O)Nc2ccccc2F)c1. The second-order valence-corrected chi connectivity index (χ2v) is 9.81. The minimum absolute atomic E-state index is 0.0119. The highest BCUT2D eigenvalue weighted by molar-refractivity contribution is 7.90. The van der Waals surface area contributed by atoms with E-state index in [0.29, 0.717) is 28.2 Å². The predicted octanol–water partition coefficient (Wildman–Crippen LogP) is 3.95. The zero-order valence-corrected chi connectivity index (χ0v) is 19.5. The van der Waals surface area contributed by atoms with E-state index in [1.54, 1.807) is 24.4 Å². The first-order valence-corrected chi connectivity index (χ1v) is 12.5. The number of carbonyl (C=O) groups is 1. The van der Waals surface area contributed by atoms with E-state index in [-0.39, 0.29) is 21.8 Å². The number of rotatable bonds is 6. The standard InChI is InChI=1S/C24H18FN7O3S/c1-36(34,35)16-10-14(24(33)32-19-7-3-2-6-18(19)25)9-15(11-16)31-22-17(5-4-8-26-22)20-21-23(29-12-27-20)30-13-28-21/h2-13H,1H3,(H,26,31)(H,32,33)(H,27,28,29,30). The molecule has 36 heavy (non-hydrogen) atoms. The molecule has 10 nitrogen and oxygen atoms in total. The van der Waals surface area contributed by atoms with Gasteiger partial charge in [0.2, 0.25) is 0 Å². The number of fused-ring (bicyclic) bond motifs is 1. The number of anilines is 3. The Morgan fingerprint density at radius 1 is 1.00 bits per heavy atom. The van der Waals surface area contributed by atoms with Crippen molar-refractivity contribution in [2.45, 2.75) is 4.90 Å². The average molecular weight is 504 g/mol. The zero-order valence-electron chi connectivity index (χ0n) is 18.7. The third-order valence-electron chi connectivity index (χ3n) is 5.26. The molecule has 0 fully saturated rings. The number of halogens is 1. The van der Waals surface area contributed by atoms with Gasteiger partial charge in [-0.1, -0.05) is 12.1 Å². The predicted molar refractivity (Wildman–Crippen MR) is 132 cm³/mol. The lowest BCUT2D eigenvalue weighted by atomic mass is 10.1. The van der Waals surface area contributed by atoms with Crippen LogP contribution in [0.25, 0.3) is 22.4 Å². The quantitative estimate of drug-likeness (QED) is 0.316. The number of imidazole rings is 1. The molecule has 3 heterocycles. The van der Waals surface area contributed by atoms with Gasteiger partial charge in [-0.2, -0.15) is 0 Å². The van der Waals surface area contributed by atoms with Crippen LogP contribution in [0.1, 0.15) is 10.4 Å². The molecule has 0 bridgehead atoms. The molecule has 3 aromatic heterocycles. The van der Waals surface area contributed by atoms with Crippen LogP contribution < -0.4 is 10.6 Å². The molecule has 0 aliphatic carbocycles. The molecule has 0 saturated heterocycles. The topological polar surface area (TPSA) is 143 Å². The molecule has 180 valence electrons. The van der Waals surface area contributed by atoms with Gasteiger partial charge >= 0.3 is 0 Å². The van der Waals surface area contributed by atoms with Crippen LogP contribution in [0.2, 0.25) is 0 Å². The van der Waals surface area contributed by atoms with Crippen molar-refractivity contribution in [2.75, 3.05) is 16.9 Å². The fraction of sp³-hybridized carbons (Fsp3) is 0.0417. The minimum Gasteiger partial charge on any atom is -0.340 e. The summed E-state index contributed by atoms with van der Waals surface area (Å²) in [7, 11) is -3.69. The highest BCUT2D eigenvalue weighted by Gasteiger charge is 2.18. The number of para-hydroxylation sites is 1. The molecular weight excluding hydrogens is 485 g/mol. The van der Waals surface area contributed by atoms with E-state index >= 15 is 0 Å². The van der Waals surface area contributed by atoms with Crippen molar-refractivity contribution in [2.24, 2.45) is 0 Å². The van der Waals surface area contributed by atoms with Crippen LogP contribution in [-0.4, -0.2) is 45.5 Å². The van der Waals surface area contributed by atoms with Gasteiger partial charge in [0.25, 0.3) is 5.91 Å². The molecule has 0 aliphatic heterocycles. The monoisotopic (exact) mass is 503 g/mol. The Hall–Kier alpha value is -4.71. The minimum atomic E-state index is -3.69. The summed E-state index contributed by atoms with van der Waals surface area (Å²) in [5.41, 5.74) is 2.43. The van der Waals surface area contributed by atoms with E-state index in [9.17, 15) is 17.6 Å². The van der Waals surface area contributed by atoms with Gasteiger partial charge in [0.15, 0.2) is 15.5 Å². The van der Waals surface area contributed by atoms with E-state index in [1.165, 1.54) is 49.1 Å². The molecule has 0 atom stereocenters. The van der Waals surface area contributed by atoms with Crippen molar-refractivity contribution in [3.8, 4) is 11.3 Å². The number of benzene rings is 2. The van der Waals surface area contributed by atoms with Crippen LogP contribution in [0.5, 0.6) is 0 Å². The van der Waals surface area contributed by atoms with Crippen molar-refractivity contribution >= 4 is 44.1 Å². The van der Waals surface area contributed by atoms with E-state index in [0.717, 1.165) is 6.26 Å². The molecule has 0 radical (unpaired) electrons. The van der Waals surface area contributed by atoms with Gasteiger partial charge in [0.05, 0.1) is 16.9 Å². The second-order valence-electron chi connectivity index (χ2n) is 7.80. The maximum atomic E-state index is 14.0. The number of H-pyrrole nitrogens is 1. The summed E-state index contributed by atoms with van der Waals surface area (Å²) in [6.07, 6.45) is 5.48. The molecule has 12 heteroatoms. The summed E-state index contributed by atoms with van der Waals surface area (Å²) in [6, 6.07) is 13.3. The number of aromatic nitrogens is 5. The summed E-state index contributed by atoms with van der Waals surface area (Å²) >= 11 is 0. The fourth-order valence-corrected chi connectivity index (χ4v) is 4.25. The molecule has 0 saturated carbocycles. The molecule has 0 unspecified atom stereocenters. The summed E-state index contributed by atoms with van der Waals surface area (Å²) in [6.45, 7) is 0. The van der Waals surface area contributed by atoms with Crippen LogP contribution in [0.15, 0.2) is 78.3 Å². The molecule has 3 N–H and O–H groups in total. The number of pyridine rings is 1. The smallest absolute Gasteiger partial charge is 0.255 e. The normalized spacial score (nSPS) is 11.4. The van der Waals surface area contributed by atoms with E-state index in [1.807, 2.05) is 0 Å². The summed E-state index contributed by atoms with van der Waals surface area (Å²) in [4.78, 5) is 32.9. The van der Waals surface area contributed by atoms with Crippen LogP contribution in [0.4, 0.5) is 21.6 Å². The Morgan fingerprint density at radius 3 is 2.64 bits per heavy atom. The van der Waals surface area contributed by atoms with Gasteiger partial charge in [0, 0.05) is 29.3 Å². The first-order chi connectivity index (χ1) is 17.3. The second kappa shape index (κ2) is 9.15. The number of nitrogens with zero attached hydrogens (tertiary/aromatic N) is 4. The van der Waals surface area contributed by atoms with Gasteiger partial charge in [-0.25, -0.2) is 32.7 Å². The Balaban J connectivity index is 1.56. The lowest BCUT2D eigenvalue weighted by Gasteiger charge is -2.14. The zero-order chi connectivity index (χ0) is 25.3. The van der Waals surface area contributed by atoms with Gasteiger partial charge < -0.3 is 15.6 Å². The van der Waals surface area contributed by atoms with E-state index < -0.39 is 21.6 Å². The van der Waals surface area contributed by atoms with Crippen molar-refractivity contribution in [3.05, 3.63) is 84.8 Å². The number of hydrogen-bond donors (Lipinski definition) is 3. The molecule has 0 spiro atoms. The van der Waals surface area contributed by atoms with Crippen molar-refractivity contribution in [1.82, 2.24) is 24.9 Å². The first-order valence-electron chi connectivity index (χ1n) is 10.6. The average Bonchev–Trinajstić information content (AvgIpc) is 3.34. The van der Waals surface area contributed by atoms with Crippen LogP contribution in [0, 0.1) is 5.82 Å². The summed E-state index contributed by atoms with van der Waals surface area (Å²) in [5.74, 6) is -0.938. The highest BCUT2D eigenvalue weighted by Crippen LogP contribution is 2.31. The van der Waals surface area contributed by atoms with E-state index in [2.05, 4.69) is 35.6 Å². The first kappa shape index (κ1) is 23.1. The van der Waals surface area contributed by atoms with Crippen LogP contribution in [-0.2, 0) is 9.84 Å². The third-order valence-corrected chi connectivity index (χ3v) is 6.35. The molecule has 2 aromatic carbocycles. The van der Waals surface area contributed by atoms with Crippen molar-refractivity contribution in [1.29, 1.82) is 0 Å².